The second-order valence-electron chi connectivity index (χ2n) is 10.5. The van der Waals surface area contributed by atoms with Gasteiger partial charge in [0.05, 0.1) is 30.5 Å². The molecule has 10 nitrogen and oxygen atoms in total. The molecule has 0 radical (unpaired) electrons. The lowest BCUT2D eigenvalue weighted by molar-refractivity contribution is -0.134. The molecule has 230 valence electrons. The van der Waals surface area contributed by atoms with Crippen molar-refractivity contribution in [3.05, 3.63) is 83.9 Å². The zero-order valence-electron chi connectivity index (χ0n) is 24.0. The molecule has 3 N–H and O–H groups in total. The zero-order chi connectivity index (χ0) is 31.3. The number of hydrogen-bond donors (Lipinski definition) is 3. The van der Waals surface area contributed by atoms with Gasteiger partial charge in [0.1, 0.15) is 23.5 Å². The van der Waals surface area contributed by atoms with Crippen LogP contribution in [0.15, 0.2) is 71.6 Å². The summed E-state index contributed by atoms with van der Waals surface area (Å²) in [7, 11) is -2.59. The minimum absolute atomic E-state index is 0.0761. The number of likely N-dealkylation sites (N-methyl/N-ethyl adjacent to an activating group) is 1. The minimum atomic E-state index is -3.99. The number of fused-ring (bicyclic) bond motifs is 1. The van der Waals surface area contributed by atoms with Gasteiger partial charge in [0, 0.05) is 36.4 Å². The Morgan fingerprint density at radius 3 is 2.26 bits per heavy atom. The monoisotopic (exact) mass is 616 g/mol. The van der Waals surface area contributed by atoms with Crippen molar-refractivity contribution >= 4 is 33.3 Å². The molecule has 0 saturated heterocycles. The van der Waals surface area contributed by atoms with E-state index in [-0.39, 0.29) is 42.8 Å². The fourth-order valence-electron chi connectivity index (χ4n) is 4.69. The average Bonchev–Trinajstić information content (AvgIpc) is 3.01. The Balaban J connectivity index is 1.61. The van der Waals surface area contributed by atoms with Gasteiger partial charge >= 0.3 is 6.03 Å². The third kappa shape index (κ3) is 7.86. The first-order valence-corrected chi connectivity index (χ1v) is 15.1. The first-order chi connectivity index (χ1) is 20.4. The maximum atomic E-state index is 13.4. The van der Waals surface area contributed by atoms with Crippen molar-refractivity contribution in [3.8, 4) is 5.75 Å². The Morgan fingerprint density at radius 2 is 1.63 bits per heavy atom. The fourth-order valence-corrected chi connectivity index (χ4v) is 5.87. The van der Waals surface area contributed by atoms with Gasteiger partial charge in [-0.15, -0.1) is 0 Å². The summed E-state index contributed by atoms with van der Waals surface area (Å²) in [6.07, 6.45) is -0.823. The zero-order valence-corrected chi connectivity index (χ0v) is 24.8. The van der Waals surface area contributed by atoms with Gasteiger partial charge in [0.15, 0.2) is 0 Å². The molecule has 0 unspecified atom stereocenters. The molecule has 0 aliphatic carbocycles. The van der Waals surface area contributed by atoms with Crippen LogP contribution >= 0.6 is 0 Å². The number of nitrogens with one attached hydrogen (secondary N) is 2. The van der Waals surface area contributed by atoms with E-state index in [1.165, 1.54) is 48.3 Å². The summed E-state index contributed by atoms with van der Waals surface area (Å²) in [6, 6.07) is 13.4. The van der Waals surface area contributed by atoms with Crippen LogP contribution in [-0.2, 0) is 21.2 Å². The summed E-state index contributed by atoms with van der Waals surface area (Å²) in [6.45, 7) is 3.36. The van der Waals surface area contributed by atoms with E-state index in [0.29, 0.717) is 22.7 Å². The van der Waals surface area contributed by atoms with E-state index in [4.69, 9.17) is 4.74 Å². The maximum absolute atomic E-state index is 13.4. The Hall–Kier alpha value is -4.07. The molecule has 4 rings (SSSR count). The molecule has 0 fully saturated rings. The van der Waals surface area contributed by atoms with Crippen molar-refractivity contribution in [1.82, 2.24) is 9.21 Å². The number of carbonyl (C=O) groups excluding carboxylic acids is 2. The molecule has 3 amide bonds. The topological polar surface area (TPSA) is 128 Å². The van der Waals surface area contributed by atoms with Crippen molar-refractivity contribution in [3.63, 3.8) is 0 Å². The van der Waals surface area contributed by atoms with Crippen LogP contribution < -0.4 is 15.4 Å². The van der Waals surface area contributed by atoms with Gasteiger partial charge in [-0.1, -0.05) is 6.92 Å². The average molecular weight is 617 g/mol. The second kappa shape index (κ2) is 13.5. The van der Waals surface area contributed by atoms with Crippen LogP contribution in [0.25, 0.3) is 0 Å². The number of urea groups is 1. The van der Waals surface area contributed by atoms with E-state index in [0.717, 1.165) is 16.4 Å². The van der Waals surface area contributed by atoms with E-state index < -0.39 is 39.8 Å². The number of hydrogen-bond acceptors (Lipinski definition) is 6. The lowest BCUT2D eigenvalue weighted by Crippen LogP contribution is -2.48. The first kappa shape index (κ1) is 31.9. The van der Waals surface area contributed by atoms with E-state index in [1.54, 1.807) is 25.1 Å². The molecular weight excluding hydrogens is 582 g/mol. The number of sulfonamides is 1. The molecule has 1 heterocycles. The number of carbonyl (C=O) groups is 2. The number of amides is 3. The van der Waals surface area contributed by atoms with E-state index in [9.17, 15) is 31.9 Å². The van der Waals surface area contributed by atoms with Crippen LogP contribution in [0.1, 0.15) is 19.4 Å². The highest BCUT2D eigenvalue weighted by Gasteiger charge is 2.33. The summed E-state index contributed by atoms with van der Waals surface area (Å²) >= 11 is 0. The number of anilines is 2. The Morgan fingerprint density at radius 1 is 1.05 bits per heavy atom. The number of aliphatic hydroxyl groups excluding tert-OH is 1. The molecule has 1 aliphatic heterocycles. The Bertz CT molecular complexity index is 1550. The predicted molar refractivity (Wildman–Crippen MR) is 157 cm³/mol. The van der Waals surface area contributed by atoms with E-state index in [1.807, 2.05) is 6.92 Å². The second-order valence-corrected chi connectivity index (χ2v) is 12.6. The number of halogens is 2. The van der Waals surface area contributed by atoms with Crippen LogP contribution in [0.2, 0.25) is 0 Å². The summed E-state index contributed by atoms with van der Waals surface area (Å²) in [4.78, 5) is 27.5. The standard InChI is InChI=1S/C30H34F2N4O6S/c1-19-16-36(20(2)18-37)29(38)15-21-14-25(34-30(39)33-24-8-4-22(31)5-9-24)10-13-27(21)42-28(19)17-35(3)43(40,41)26-11-6-23(32)7-12-26/h4-14,19-20,28,37H,15-18H2,1-3H3,(H2,33,34,39)/t19-,20+,28+/m0/s1. The molecule has 3 atom stereocenters. The molecule has 0 aromatic heterocycles. The maximum Gasteiger partial charge on any atom is 0.323 e. The van der Waals surface area contributed by atoms with Crippen LogP contribution in [0.5, 0.6) is 5.75 Å². The summed E-state index contributed by atoms with van der Waals surface area (Å²) < 4.78 is 60.6. The molecule has 13 heteroatoms. The van der Waals surface area contributed by atoms with Crippen LogP contribution in [0, 0.1) is 17.6 Å². The fraction of sp³-hybridized carbons (Fsp3) is 0.333. The van der Waals surface area contributed by atoms with Gasteiger partial charge in [0.2, 0.25) is 15.9 Å². The molecular formula is C30H34F2N4O6S. The number of aliphatic hydroxyl groups is 1. The van der Waals surface area contributed by atoms with Gasteiger partial charge in [-0.05, 0) is 73.7 Å². The van der Waals surface area contributed by atoms with Crippen LogP contribution in [-0.4, -0.2) is 73.6 Å². The molecule has 1 aliphatic rings. The number of nitrogens with zero attached hydrogens (tertiary/aromatic N) is 2. The predicted octanol–water partition coefficient (Wildman–Crippen LogP) is 4.08. The van der Waals surface area contributed by atoms with E-state index in [2.05, 4.69) is 10.6 Å². The van der Waals surface area contributed by atoms with Crippen molar-refractivity contribution in [2.45, 2.75) is 37.3 Å². The van der Waals surface area contributed by atoms with E-state index >= 15 is 0 Å². The number of ether oxygens (including phenoxy) is 1. The third-order valence-electron chi connectivity index (χ3n) is 7.24. The van der Waals surface area contributed by atoms with Crippen LogP contribution in [0.3, 0.4) is 0 Å². The van der Waals surface area contributed by atoms with Crippen molar-refractivity contribution in [2.24, 2.45) is 5.92 Å². The Labute approximate surface area is 249 Å². The number of benzene rings is 3. The van der Waals surface area contributed by atoms with Gasteiger partial charge < -0.3 is 25.4 Å². The minimum Gasteiger partial charge on any atom is -0.488 e. The molecule has 3 aromatic rings. The third-order valence-corrected chi connectivity index (χ3v) is 9.07. The lowest BCUT2D eigenvalue weighted by Gasteiger charge is -2.33. The highest BCUT2D eigenvalue weighted by Crippen LogP contribution is 2.30. The largest absolute Gasteiger partial charge is 0.488 e. The molecule has 43 heavy (non-hydrogen) atoms. The summed E-state index contributed by atoms with van der Waals surface area (Å²) in [5.41, 5.74) is 1.18. The van der Waals surface area contributed by atoms with Crippen molar-refractivity contribution in [2.75, 3.05) is 37.4 Å². The summed E-state index contributed by atoms with van der Waals surface area (Å²) in [5, 5.41) is 15.1. The van der Waals surface area contributed by atoms with Crippen molar-refractivity contribution < 1.29 is 36.6 Å². The molecule has 0 bridgehead atoms. The number of rotatable bonds is 8. The normalized spacial score (nSPS) is 18.1. The van der Waals surface area contributed by atoms with Crippen molar-refractivity contribution in [1.29, 1.82) is 0 Å². The summed E-state index contributed by atoms with van der Waals surface area (Å²) in [5.74, 6) is -1.31. The highest BCUT2D eigenvalue weighted by atomic mass is 32.2. The van der Waals surface area contributed by atoms with Gasteiger partial charge in [-0.2, -0.15) is 4.31 Å². The first-order valence-electron chi connectivity index (χ1n) is 13.6. The van der Waals surface area contributed by atoms with Gasteiger partial charge in [-0.3, -0.25) is 4.79 Å². The quantitative estimate of drug-likeness (QED) is 0.350. The van der Waals surface area contributed by atoms with Gasteiger partial charge in [0.25, 0.3) is 0 Å². The lowest BCUT2D eigenvalue weighted by atomic mass is 10.0. The van der Waals surface area contributed by atoms with Crippen LogP contribution in [0.4, 0.5) is 25.0 Å². The molecule has 3 aromatic carbocycles. The smallest absolute Gasteiger partial charge is 0.323 e. The Kier molecular flexibility index (Phi) is 9.99. The molecule has 0 spiro atoms. The highest BCUT2D eigenvalue weighted by molar-refractivity contribution is 7.89. The molecule has 0 saturated carbocycles. The SMILES string of the molecule is C[C@H](CO)N1C[C@H](C)[C@@H](CN(C)S(=O)(=O)c2ccc(F)cc2)Oc2ccc(NC(=O)Nc3ccc(F)cc3)cc2CC1=O. The van der Waals surface area contributed by atoms with Gasteiger partial charge in [-0.25, -0.2) is 22.0 Å².